The number of primary amides is 1. The second kappa shape index (κ2) is 10.6. The molecule has 2 amide bonds. The number of hydrogen-bond donors (Lipinski definition) is 4. The van der Waals surface area contributed by atoms with Crippen molar-refractivity contribution in [2.75, 3.05) is 18.0 Å². The van der Waals surface area contributed by atoms with Crippen LogP contribution in [-0.2, 0) is 22.8 Å². The number of carbonyl (C=O) groups is 1. The summed E-state index contributed by atoms with van der Waals surface area (Å²) in [6, 6.07) is 17.1. The Balaban J connectivity index is 1.49. The van der Waals surface area contributed by atoms with Gasteiger partial charge in [-0.3, -0.25) is 0 Å². The average molecular weight is 576 g/mol. The normalized spacial score (nSPS) is 22.4. The van der Waals surface area contributed by atoms with Gasteiger partial charge in [0.1, 0.15) is 15.7 Å². The molecule has 1 fully saturated rings. The van der Waals surface area contributed by atoms with E-state index < -0.39 is 46.2 Å². The molecule has 2 heterocycles. The lowest BCUT2D eigenvalue weighted by atomic mass is 9.94. The van der Waals surface area contributed by atoms with E-state index in [0.717, 1.165) is 59.6 Å². The molecule has 40 heavy (non-hydrogen) atoms. The Kier molecular flexibility index (Phi) is 7.38. The molecule has 2 aliphatic rings. The number of ether oxygens (including phenoxy) is 1. The summed E-state index contributed by atoms with van der Waals surface area (Å²) in [7, 11) is -3.83. The van der Waals surface area contributed by atoms with Crippen molar-refractivity contribution >= 4 is 27.3 Å². The van der Waals surface area contributed by atoms with Crippen LogP contribution in [0.4, 0.5) is 29.3 Å². The molecule has 5 N–H and O–H groups in total. The van der Waals surface area contributed by atoms with Crippen molar-refractivity contribution in [1.29, 1.82) is 4.78 Å². The van der Waals surface area contributed by atoms with E-state index in [-0.39, 0.29) is 18.0 Å². The maximum atomic E-state index is 13.4. The largest absolute Gasteiger partial charge is 0.573 e. The second-order valence-electron chi connectivity index (χ2n) is 9.73. The summed E-state index contributed by atoms with van der Waals surface area (Å²) in [6.45, 7) is -0.0602. The highest BCUT2D eigenvalue weighted by Gasteiger charge is 2.43. The van der Waals surface area contributed by atoms with Crippen molar-refractivity contribution in [1.82, 2.24) is 9.62 Å². The Labute approximate surface area is 229 Å². The minimum atomic E-state index is -4.90. The van der Waals surface area contributed by atoms with Gasteiger partial charge < -0.3 is 25.4 Å². The molecule has 4 atom stereocenters. The number of rotatable bonds is 5. The number of benzene rings is 3. The quantitative estimate of drug-likeness (QED) is 0.366. The maximum Gasteiger partial charge on any atom is 0.573 e. The van der Waals surface area contributed by atoms with Gasteiger partial charge in [0.25, 0.3) is 0 Å². The monoisotopic (exact) mass is 575 g/mol. The van der Waals surface area contributed by atoms with Crippen LogP contribution in [0.1, 0.15) is 11.1 Å². The van der Waals surface area contributed by atoms with Gasteiger partial charge in [-0.15, -0.1) is 13.2 Å². The molecule has 0 bridgehead atoms. The lowest BCUT2D eigenvalue weighted by Crippen LogP contribution is -2.66. The summed E-state index contributed by atoms with van der Waals surface area (Å²) in [6.07, 6.45) is -4.58. The molecule has 0 aromatic heterocycles. The van der Waals surface area contributed by atoms with E-state index in [0.29, 0.717) is 0 Å². The third-order valence-corrected chi connectivity index (χ3v) is 8.72. The van der Waals surface area contributed by atoms with Crippen LogP contribution in [0.2, 0.25) is 0 Å². The Morgan fingerprint density at radius 1 is 0.975 bits per heavy atom. The van der Waals surface area contributed by atoms with E-state index in [2.05, 4.69) is 9.46 Å². The minimum Gasteiger partial charge on any atom is -0.406 e. The number of nitrogens with zero attached hydrogens (tertiary/aromatic N) is 2. The van der Waals surface area contributed by atoms with Gasteiger partial charge in [-0.05, 0) is 60.4 Å². The summed E-state index contributed by atoms with van der Waals surface area (Å²) in [5.41, 5.74) is 9.48. The molecule has 5 rings (SSSR count). The number of aryl methyl sites for hydroxylation is 2. The molecule has 3 aromatic carbocycles. The molecule has 3 aromatic rings. The van der Waals surface area contributed by atoms with Crippen LogP contribution in [0.25, 0.3) is 0 Å². The number of urea groups is 1. The molecule has 0 radical (unpaired) electrons. The van der Waals surface area contributed by atoms with Crippen molar-refractivity contribution in [3.63, 3.8) is 0 Å². The predicted molar refractivity (Wildman–Crippen MR) is 143 cm³/mol. The predicted octanol–water partition coefficient (Wildman–Crippen LogP) is 3.92. The first-order valence-electron chi connectivity index (χ1n) is 12.5. The van der Waals surface area contributed by atoms with Gasteiger partial charge in [0.05, 0.1) is 23.1 Å². The molecule has 212 valence electrons. The zero-order valence-corrected chi connectivity index (χ0v) is 22.0. The number of piperidine rings is 1. The fourth-order valence-electron chi connectivity index (χ4n) is 5.33. The number of amides is 2. The van der Waals surface area contributed by atoms with E-state index >= 15 is 0 Å². The van der Waals surface area contributed by atoms with Crippen LogP contribution >= 0.6 is 0 Å². The van der Waals surface area contributed by atoms with Gasteiger partial charge in [0.2, 0.25) is 0 Å². The topological polar surface area (TPSA) is 132 Å². The van der Waals surface area contributed by atoms with E-state index in [1.54, 1.807) is 0 Å². The number of alkyl halides is 3. The Bertz CT molecular complexity index is 1450. The Morgan fingerprint density at radius 3 is 2.05 bits per heavy atom. The number of aliphatic hydroxyl groups is 1. The lowest BCUT2D eigenvalue weighted by molar-refractivity contribution is -0.274. The SMILES string of the molecule is N=S(=O)(NC1CN(C(N)=O)CC(N2c3ccccc3CCc3ccccc32)C1O)c1ccc(OC(F)(F)F)cc1. The van der Waals surface area contributed by atoms with E-state index in [9.17, 15) is 27.3 Å². The van der Waals surface area contributed by atoms with Crippen molar-refractivity contribution in [2.45, 2.75) is 42.3 Å². The number of aliphatic hydroxyl groups excluding tert-OH is 1. The lowest BCUT2D eigenvalue weighted by Gasteiger charge is -2.46. The first-order chi connectivity index (χ1) is 18.9. The number of para-hydroxylation sites is 2. The number of likely N-dealkylation sites (tertiary alicyclic amines) is 1. The standard InChI is InChI=1S/C27H28F3N5O4S/c28-27(29,30)39-19-11-13-20(14-12-19)40(32,38)33-21-15-34(26(31)37)16-24(25(21)36)35-22-7-3-1-5-17(22)9-10-18-6-2-4-8-23(18)35/h1-8,11-14,21,24-25,36H,9-10,15-16H2,(H2,31,37)(H2,32,33,38). The van der Waals surface area contributed by atoms with Crippen LogP contribution in [-0.4, -0.2) is 57.9 Å². The zero-order chi connectivity index (χ0) is 28.7. The number of hydrogen-bond acceptors (Lipinski definition) is 6. The van der Waals surface area contributed by atoms with Crippen molar-refractivity contribution in [3.05, 3.63) is 83.9 Å². The molecule has 0 saturated carbocycles. The summed E-state index contributed by atoms with van der Waals surface area (Å²) in [4.78, 5) is 15.6. The summed E-state index contributed by atoms with van der Waals surface area (Å²) in [5, 5.41) is 11.7. The molecule has 0 aliphatic carbocycles. The van der Waals surface area contributed by atoms with Gasteiger partial charge in [-0.1, -0.05) is 36.4 Å². The zero-order valence-electron chi connectivity index (χ0n) is 21.2. The smallest absolute Gasteiger partial charge is 0.406 e. The van der Waals surface area contributed by atoms with Crippen LogP contribution in [0.3, 0.4) is 0 Å². The van der Waals surface area contributed by atoms with Gasteiger partial charge in [0, 0.05) is 24.5 Å². The van der Waals surface area contributed by atoms with Crippen molar-refractivity contribution < 1.29 is 32.0 Å². The molecule has 4 unspecified atom stereocenters. The summed E-state index contributed by atoms with van der Waals surface area (Å²) in [5.74, 6) is -0.525. The third-order valence-electron chi connectivity index (χ3n) is 7.15. The molecule has 13 heteroatoms. The van der Waals surface area contributed by atoms with Crippen LogP contribution < -0.4 is 20.1 Å². The van der Waals surface area contributed by atoms with E-state index in [1.807, 2.05) is 53.4 Å². The summed E-state index contributed by atoms with van der Waals surface area (Å²) >= 11 is 0. The van der Waals surface area contributed by atoms with E-state index in [1.165, 1.54) is 4.90 Å². The second-order valence-corrected chi connectivity index (χ2v) is 11.5. The van der Waals surface area contributed by atoms with Crippen molar-refractivity contribution in [2.24, 2.45) is 5.73 Å². The highest BCUT2D eigenvalue weighted by molar-refractivity contribution is 7.90. The fraction of sp³-hybridized carbons (Fsp3) is 0.296. The molecule has 0 spiro atoms. The Hall–Kier alpha value is -3.81. The molecule has 2 aliphatic heterocycles. The molecule has 9 nitrogen and oxygen atoms in total. The van der Waals surface area contributed by atoms with Crippen LogP contribution in [0.5, 0.6) is 5.75 Å². The van der Waals surface area contributed by atoms with Crippen LogP contribution in [0.15, 0.2) is 77.7 Å². The maximum absolute atomic E-state index is 13.4. The van der Waals surface area contributed by atoms with Crippen LogP contribution in [0, 0.1) is 4.78 Å². The average Bonchev–Trinajstić information content (AvgIpc) is 3.06. The minimum absolute atomic E-state index is 0.0695. The first-order valence-corrected chi connectivity index (χ1v) is 14.1. The summed E-state index contributed by atoms with van der Waals surface area (Å²) < 4.78 is 66.0. The third kappa shape index (κ3) is 5.71. The first kappa shape index (κ1) is 27.7. The Morgan fingerprint density at radius 2 is 1.52 bits per heavy atom. The van der Waals surface area contributed by atoms with Gasteiger partial charge in [-0.25, -0.2) is 18.5 Å². The number of nitrogens with two attached hydrogens (primary N) is 1. The molecule has 1 saturated heterocycles. The number of nitrogens with one attached hydrogen (secondary N) is 2. The van der Waals surface area contributed by atoms with Gasteiger partial charge in [0.15, 0.2) is 0 Å². The van der Waals surface area contributed by atoms with Gasteiger partial charge in [-0.2, -0.15) is 0 Å². The molecular formula is C27H28F3N5O4S. The van der Waals surface area contributed by atoms with E-state index in [4.69, 9.17) is 10.5 Å². The number of carbonyl (C=O) groups excluding carboxylic acids is 1. The molecular weight excluding hydrogens is 547 g/mol. The number of fused-ring (bicyclic) bond motifs is 2. The fourth-order valence-corrected chi connectivity index (χ4v) is 6.62. The highest BCUT2D eigenvalue weighted by Crippen LogP contribution is 2.39. The number of halogens is 3. The van der Waals surface area contributed by atoms with Gasteiger partial charge >= 0.3 is 12.4 Å². The number of anilines is 2. The van der Waals surface area contributed by atoms with Crippen molar-refractivity contribution in [3.8, 4) is 5.75 Å². The highest BCUT2D eigenvalue weighted by atomic mass is 32.2.